The van der Waals surface area contributed by atoms with Gasteiger partial charge in [0.15, 0.2) is 0 Å². The van der Waals surface area contributed by atoms with Crippen LogP contribution in [-0.4, -0.2) is 62.2 Å². The van der Waals surface area contributed by atoms with E-state index in [0.717, 1.165) is 11.8 Å². The van der Waals surface area contributed by atoms with Crippen molar-refractivity contribution in [2.45, 2.75) is 117 Å². The van der Waals surface area contributed by atoms with Gasteiger partial charge < -0.3 is 15.1 Å². The van der Waals surface area contributed by atoms with Crippen LogP contribution in [0.5, 0.6) is 0 Å². The Morgan fingerprint density at radius 3 is 1.18 bits per heavy atom. The second kappa shape index (κ2) is 17.3. The van der Waals surface area contributed by atoms with Crippen LogP contribution in [0.3, 0.4) is 0 Å². The van der Waals surface area contributed by atoms with E-state index in [1.54, 1.807) is 0 Å². The molecule has 2 fully saturated rings. The monoisotopic (exact) mass is 472 g/mol. The zero-order valence-corrected chi connectivity index (χ0v) is 23.8. The molecule has 2 aliphatic rings. The lowest BCUT2D eigenvalue weighted by molar-refractivity contribution is 0.0814. The maximum absolute atomic E-state index is 3.40. The highest BCUT2D eigenvalue weighted by molar-refractivity contribution is 4.79. The summed E-state index contributed by atoms with van der Waals surface area (Å²) < 4.78 is 0. The van der Waals surface area contributed by atoms with Gasteiger partial charge >= 0.3 is 0 Å². The molecule has 2 aliphatic heterocycles. The average Bonchev–Trinajstić information content (AvgIpc) is 2.53. The smallest absolute Gasteiger partial charge is 0.0110 e. The molecule has 33 heavy (non-hydrogen) atoms. The Morgan fingerprint density at radius 1 is 0.636 bits per heavy atom. The number of piperidine rings is 1. The number of nitrogens with one attached hydrogen (secondary N) is 1. The molecular formula is C30H69N3. The van der Waals surface area contributed by atoms with E-state index < -0.39 is 0 Å². The first-order valence-electron chi connectivity index (χ1n) is 13.1. The van der Waals surface area contributed by atoms with Gasteiger partial charge in [0.2, 0.25) is 0 Å². The number of piperazine rings is 1. The Bertz CT molecular complexity index is 396. The van der Waals surface area contributed by atoms with Gasteiger partial charge in [0.05, 0.1) is 0 Å². The topological polar surface area (TPSA) is 18.5 Å². The summed E-state index contributed by atoms with van der Waals surface area (Å²) in [6, 6.07) is 0. The Kier molecular flexibility index (Phi) is 19.7. The van der Waals surface area contributed by atoms with E-state index in [1.807, 2.05) is 0 Å². The molecule has 1 N–H and O–H groups in total. The number of nitrogens with zero attached hydrogens (tertiary/aromatic N) is 2. The number of rotatable bonds is 3. The van der Waals surface area contributed by atoms with Crippen molar-refractivity contribution >= 4 is 0 Å². The van der Waals surface area contributed by atoms with Crippen LogP contribution in [0.2, 0.25) is 0 Å². The Balaban J connectivity index is -0.000000463. The molecule has 0 atom stereocenters. The first-order valence-corrected chi connectivity index (χ1v) is 13.1. The van der Waals surface area contributed by atoms with Gasteiger partial charge in [-0.15, -0.1) is 0 Å². The summed E-state index contributed by atoms with van der Waals surface area (Å²) in [6.07, 6.45) is 4.17. The maximum Gasteiger partial charge on any atom is 0.0110 e. The summed E-state index contributed by atoms with van der Waals surface area (Å²) in [7, 11) is 0. The minimum absolute atomic E-state index is 0. The number of hydrogen-bond acceptors (Lipinski definition) is 3. The van der Waals surface area contributed by atoms with Gasteiger partial charge in [-0.05, 0) is 60.4 Å². The van der Waals surface area contributed by atoms with Crippen molar-refractivity contribution in [1.29, 1.82) is 0 Å². The standard InChI is InChI=1S/C14H30N2.C10H21N.C4H10.2CH4/c1-13(2,3)11-15-7-9-16(10-8-15)12-14(4,5)6;1-10(2,3)8-9-4-6-11-7-5-9;1-4(2)3;;/h7-12H2,1-6H3;9,11H,4-8H2,1-3H3;4H,1-3H3;2*1H4. The van der Waals surface area contributed by atoms with Gasteiger partial charge in [0, 0.05) is 39.3 Å². The van der Waals surface area contributed by atoms with Gasteiger partial charge in [0.1, 0.15) is 0 Å². The fourth-order valence-corrected chi connectivity index (χ4v) is 4.40. The van der Waals surface area contributed by atoms with Crippen LogP contribution in [0, 0.1) is 28.1 Å². The molecule has 2 heterocycles. The van der Waals surface area contributed by atoms with Crippen LogP contribution in [0.4, 0.5) is 0 Å². The highest BCUT2D eigenvalue weighted by Crippen LogP contribution is 2.29. The molecule has 2 rings (SSSR count). The highest BCUT2D eigenvalue weighted by Gasteiger charge is 2.24. The first kappa shape index (κ1) is 37.4. The van der Waals surface area contributed by atoms with E-state index in [1.165, 1.54) is 71.6 Å². The third kappa shape index (κ3) is 26.3. The molecular weight excluding hydrogens is 402 g/mol. The van der Waals surface area contributed by atoms with Gasteiger partial charge in [-0.25, -0.2) is 0 Å². The molecule has 0 unspecified atom stereocenters. The van der Waals surface area contributed by atoms with Crippen molar-refractivity contribution in [1.82, 2.24) is 15.1 Å². The minimum Gasteiger partial charge on any atom is -0.317 e. The molecule has 0 radical (unpaired) electrons. The van der Waals surface area contributed by atoms with Gasteiger partial charge in [-0.3, -0.25) is 0 Å². The van der Waals surface area contributed by atoms with Crippen LogP contribution in [0.15, 0.2) is 0 Å². The summed E-state index contributed by atoms with van der Waals surface area (Å²) in [5, 5.41) is 3.40. The van der Waals surface area contributed by atoms with Crippen molar-refractivity contribution in [3.8, 4) is 0 Å². The van der Waals surface area contributed by atoms with E-state index in [9.17, 15) is 0 Å². The molecule has 0 aliphatic carbocycles. The predicted octanol–water partition coefficient (Wildman–Crippen LogP) is 8.05. The molecule has 204 valence electrons. The third-order valence-electron chi connectivity index (χ3n) is 5.22. The summed E-state index contributed by atoms with van der Waals surface area (Å²) in [6.45, 7) is 37.4. The molecule has 3 nitrogen and oxygen atoms in total. The zero-order valence-electron chi connectivity index (χ0n) is 23.8. The third-order valence-corrected chi connectivity index (χ3v) is 5.22. The fourth-order valence-electron chi connectivity index (χ4n) is 4.40. The molecule has 0 aromatic carbocycles. The van der Waals surface area contributed by atoms with Crippen LogP contribution in [0.1, 0.15) is 117 Å². The van der Waals surface area contributed by atoms with Crippen molar-refractivity contribution in [2.75, 3.05) is 52.4 Å². The fraction of sp³-hybridized carbons (Fsp3) is 1.00. The second-order valence-corrected chi connectivity index (χ2v) is 14.4. The van der Waals surface area contributed by atoms with Crippen molar-refractivity contribution in [3.63, 3.8) is 0 Å². The summed E-state index contributed by atoms with van der Waals surface area (Å²) in [5.41, 5.74) is 1.40. The lowest BCUT2D eigenvalue weighted by Gasteiger charge is -2.40. The van der Waals surface area contributed by atoms with Crippen LogP contribution in [0.25, 0.3) is 0 Å². The molecule has 0 aromatic rings. The van der Waals surface area contributed by atoms with Crippen LogP contribution < -0.4 is 5.32 Å². The van der Waals surface area contributed by atoms with E-state index in [0.29, 0.717) is 16.2 Å². The Hall–Kier alpha value is -0.120. The highest BCUT2D eigenvalue weighted by atomic mass is 15.3. The lowest BCUT2D eigenvalue weighted by atomic mass is 9.81. The van der Waals surface area contributed by atoms with Crippen molar-refractivity contribution < 1.29 is 0 Å². The normalized spacial score (nSPS) is 18.8. The van der Waals surface area contributed by atoms with Crippen LogP contribution in [-0.2, 0) is 0 Å². The van der Waals surface area contributed by atoms with Gasteiger partial charge in [-0.2, -0.15) is 0 Å². The summed E-state index contributed by atoms with van der Waals surface area (Å²) in [4.78, 5) is 5.22. The molecule has 3 heteroatoms. The maximum atomic E-state index is 3.40. The van der Waals surface area contributed by atoms with E-state index in [4.69, 9.17) is 0 Å². The van der Waals surface area contributed by atoms with Crippen molar-refractivity contribution in [2.24, 2.45) is 28.1 Å². The molecule has 0 amide bonds. The van der Waals surface area contributed by atoms with E-state index >= 15 is 0 Å². The zero-order chi connectivity index (χ0) is 24.3. The van der Waals surface area contributed by atoms with E-state index in [-0.39, 0.29) is 14.9 Å². The molecule has 0 saturated carbocycles. The van der Waals surface area contributed by atoms with Crippen LogP contribution >= 0.6 is 0 Å². The molecule has 2 saturated heterocycles. The first-order chi connectivity index (χ1) is 14.0. The number of hydrogen-bond donors (Lipinski definition) is 1. The summed E-state index contributed by atoms with van der Waals surface area (Å²) in [5.74, 6) is 1.82. The molecule has 0 aromatic heterocycles. The van der Waals surface area contributed by atoms with Gasteiger partial charge in [0.25, 0.3) is 0 Å². The van der Waals surface area contributed by atoms with Gasteiger partial charge in [-0.1, -0.05) is 97.9 Å². The van der Waals surface area contributed by atoms with E-state index in [2.05, 4.69) is 98.2 Å². The Labute approximate surface area is 212 Å². The average molecular weight is 472 g/mol. The minimum atomic E-state index is 0. The quantitative estimate of drug-likeness (QED) is 0.449. The SMILES string of the molecule is C.C.CC(C)(C)CC1CCNCC1.CC(C)(C)CN1CCN(CC(C)(C)C)CC1.CC(C)C. The Morgan fingerprint density at radius 2 is 0.939 bits per heavy atom. The second-order valence-electron chi connectivity index (χ2n) is 14.4. The molecule has 0 bridgehead atoms. The summed E-state index contributed by atoms with van der Waals surface area (Å²) >= 11 is 0. The lowest BCUT2D eigenvalue weighted by Crippen LogP contribution is -2.50. The van der Waals surface area contributed by atoms with Crippen molar-refractivity contribution in [3.05, 3.63) is 0 Å². The predicted molar refractivity (Wildman–Crippen MR) is 155 cm³/mol. The molecule has 0 spiro atoms. The largest absolute Gasteiger partial charge is 0.317 e.